The lowest BCUT2D eigenvalue weighted by Gasteiger charge is -2.45. The first kappa shape index (κ1) is 17.5. The van der Waals surface area contributed by atoms with Gasteiger partial charge in [0.05, 0.1) is 24.9 Å². The maximum absolute atomic E-state index is 12.3. The van der Waals surface area contributed by atoms with E-state index in [4.69, 9.17) is 9.47 Å². The number of nitrogens with zero attached hydrogens (tertiary/aromatic N) is 2. The van der Waals surface area contributed by atoms with Crippen molar-refractivity contribution in [2.24, 2.45) is 0 Å². The van der Waals surface area contributed by atoms with E-state index in [1.807, 2.05) is 11.8 Å². The topological polar surface area (TPSA) is 54.0 Å². The lowest BCUT2D eigenvalue weighted by atomic mass is 10.00. The molecule has 128 valence electrons. The third-order valence-corrected chi connectivity index (χ3v) is 4.48. The van der Waals surface area contributed by atoms with Crippen LogP contribution in [0.3, 0.4) is 0 Å². The second kappa shape index (κ2) is 7.15. The third kappa shape index (κ3) is 4.57. The van der Waals surface area contributed by atoms with Gasteiger partial charge in [0.2, 0.25) is 0 Å². The quantitative estimate of drug-likeness (QED) is 0.853. The highest BCUT2D eigenvalue weighted by atomic mass is 16.5. The van der Waals surface area contributed by atoms with Crippen LogP contribution >= 0.6 is 0 Å². The Labute approximate surface area is 134 Å². The molecule has 2 aliphatic heterocycles. The van der Waals surface area contributed by atoms with Gasteiger partial charge in [-0.2, -0.15) is 0 Å². The van der Waals surface area contributed by atoms with Crippen molar-refractivity contribution in [2.75, 3.05) is 39.3 Å². The summed E-state index contributed by atoms with van der Waals surface area (Å²) in [6, 6.07) is 0.0116. The van der Waals surface area contributed by atoms with Crippen LogP contribution in [0.1, 0.15) is 34.6 Å². The van der Waals surface area contributed by atoms with Gasteiger partial charge in [-0.15, -0.1) is 0 Å². The molecular weight excluding hydrogens is 282 g/mol. The maximum Gasteiger partial charge on any atom is 0.317 e. The average Bonchev–Trinajstić information content (AvgIpc) is 2.44. The number of hydrogen-bond donors (Lipinski definition) is 1. The third-order valence-electron chi connectivity index (χ3n) is 4.48. The van der Waals surface area contributed by atoms with E-state index in [1.54, 1.807) is 0 Å². The zero-order valence-corrected chi connectivity index (χ0v) is 14.6. The van der Waals surface area contributed by atoms with Crippen LogP contribution in [0, 0.1) is 0 Å². The number of carbonyl (C=O) groups is 1. The van der Waals surface area contributed by atoms with E-state index in [9.17, 15) is 4.79 Å². The number of ether oxygens (including phenoxy) is 2. The average molecular weight is 313 g/mol. The first-order valence-corrected chi connectivity index (χ1v) is 8.33. The Bertz CT molecular complexity index is 379. The molecule has 1 N–H and O–H groups in total. The van der Waals surface area contributed by atoms with E-state index in [2.05, 4.69) is 37.9 Å². The Kier molecular flexibility index (Phi) is 5.69. The lowest BCUT2D eigenvalue weighted by molar-refractivity contribution is -0.0949. The van der Waals surface area contributed by atoms with Gasteiger partial charge in [-0.25, -0.2) is 4.79 Å². The zero-order chi connectivity index (χ0) is 16.3. The summed E-state index contributed by atoms with van der Waals surface area (Å²) in [6.45, 7) is 15.0. The Balaban J connectivity index is 1.84. The van der Waals surface area contributed by atoms with E-state index in [-0.39, 0.29) is 29.9 Å². The SMILES string of the molecule is CC1CN(C(=O)NCC(C)(C)N2CC(C)OC(C)C2)CCO1. The molecular formula is C16H31N3O3. The molecule has 6 nitrogen and oxygen atoms in total. The Morgan fingerprint density at radius 1 is 1.14 bits per heavy atom. The molecule has 0 radical (unpaired) electrons. The Morgan fingerprint density at radius 2 is 1.77 bits per heavy atom. The molecule has 0 saturated carbocycles. The van der Waals surface area contributed by atoms with E-state index >= 15 is 0 Å². The molecule has 2 fully saturated rings. The summed E-state index contributed by atoms with van der Waals surface area (Å²) < 4.78 is 11.3. The molecule has 3 unspecified atom stereocenters. The van der Waals surface area contributed by atoms with Gasteiger partial charge >= 0.3 is 6.03 Å². The molecule has 2 amide bonds. The minimum atomic E-state index is -0.0835. The van der Waals surface area contributed by atoms with Crippen molar-refractivity contribution in [3.05, 3.63) is 0 Å². The van der Waals surface area contributed by atoms with Crippen LogP contribution in [0.2, 0.25) is 0 Å². The molecule has 0 aromatic heterocycles. The summed E-state index contributed by atoms with van der Waals surface area (Å²) in [5, 5.41) is 3.09. The molecule has 2 saturated heterocycles. The summed E-state index contributed by atoms with van der Waals surface area (Å²) in [4.78, 5) is 16.6. The molecule has 2 aliphatic rings. The van der Waals surface area contributed by atoms with Crippen LogP contribution in [0.4, 0.5) is 4.79 Å². The number of morpholine rings is 2. The predicted molar refractivity (Wildman–Crippen MR) is 86.0 cm³/mol. The van der Waals surface area contributed by atoms with Crippen molar-refractivity contribution in [3.63, 3.8) is 0 Å². The van der Waals surface area contributed by atoms with Crippen LogP contribution in [0.25, 0.3) is 0 Å². The second-order valence-electron chi connectivity index (χ2n) is 7.26. The minimum absolute atomic E-state index is 0.0116. The monoisotopic (exact) mass is 313 g/mol. The van der Waals surface area contributed by atoms with E-state index in [0.717, 1.165) is 13.1 Å². The van der Waals surface area contributed by atoms with Gasteiger partial charge in [-0.1, -0.05) is 0 Å². The molecule has 2 heterocycles. The first-order valence-electron chi connectivity index (χ1n) is 8.33. The van der Waals surface area contributed by atoms with E-state index in [0.29, 0.717) is 26.2 Å². The highest BCUT2D eigenvalue weighted by Crippen LogP contribution is 2.20. The fourth-order valence-corrected chi connectivity index (χ4v) is 3.19. The van der Waals surface area contributed by atoms with Gasteiger partial charge in [0.1, 0.15) is 0 Å². The van der Waals surface area contributed by atoms with Crippen molar-refractivity contribution < 1.29 is 14.3 Å². The summed E-state index contributed by atoms with van der Waals surface area (Å²) >= 11 is 0. The molecule has 0 aromatic carbocycles. The largest absolute Gasteiger partial charge is 0.375 e. The van der Waals surface area contributed by atoms with Crippen molar-refractivity contribution in [1.29, 1.82) is 0 Å². The highest BCUT2D eigenvalue weighted by molar-refractivity contribution is 5.74. The zero-order valence-electron chi connectivity index (χ0n) is 14.6. The number of nitrogens with one attached hydrogen (secondary N) is 1. The van der Waals surface area contributed by atoms with Crippen molar-refractivity contribution >= 4 is 6.03 Å². The summed E-state index contributed by atoms with van der Waals surface area (Å²) in [7, 11) is 0. The van der Waals surface area contributed by atoms with E-state index in [1.165, 1.54) is 0 Å². The van der Waals surface area contributed by atoms with Crippen LogP contribution in [-0.2, 0) is 9.47 Å². The number of carbonyl (C=O) groups excluding carboxylic acids is 1. The minimum Gasteiger partial charge on any atom is -0.375 e. The summed E-state index contributed by atoms with van der Waals surface area (Å²) in [5.41, 5.74) is -0.0835. The van der Waals surface area contributed by atoms with Gasteiger partial charge in [-0.05, 0) is 34.6 Å². The van der Waals surface area contributed by atoms with Crippen LogP contribution < -0.4 is 5.32 Å². The summed E-state index contributed by atoms with van der Waals surface area (Å²) in [5.74, 6) is 0. The predicted octanol–water partition coefficient (Wildman–Crippen LogP) is 1.30. The number of rotatable bonds is 3. The molecule has 6 heteroatoms. The fourth-order valence-electron chi connectivity index (χ4n) is 3.19. The first-order chi connectivity index (χ1) is 10.3. The standard InChI is InChI=1S/C16H31N3O3/c1-12-8-18(6-7-21-12)15(20)17-11-16(4,5)19-9-13(2)22-14(3)10-19/h12-14H,6-11H2,1-5H3,(H,17,20). The molecule has 0 bridgehead atoms. The molecule has 0 aromatic rings. The molecule has 3 atom stereocenters. The van der Waals surface area contributed by atoms with Crippen LogP contribution in [-0.4, -0.2) is 79.0 Å². The fraction of sp³-hybridized carbons (Fsp3) is 0.938. The normalized spacial score (nSPS) is 31.1. The van der Waals surface area contributed by atoms with E-state index < -0.39 is 0 Å². The molecule has 22 heavy (non-hydrogen) atoms. The van der Waals surface area contributed by atoms with Crippen LogP contribution in [0.5, 0.6) is 0 Å². The number of hydrogen-bond acceptors (Lipinski definition) is 4. The maximum atomic E-state index is 12.3. The lowest BCUT2D eigenvalue weighted by Crippen LogP contribution is -2.60. The van der Waals surface area contributed by atoms with Gasteiger partial charge in [-0.3, -0.25) is 4.90 Å². The second-order valence-corrected chi connectivity index (χ2v) is 7.26. The smallest absolute Gasteiger partial charge is 0.317 e. The van der Waals surface area contributed by atoms with Crippen molar-refractivity contribution in [1.82, 2.24) is 15.1 Å². The van der Waals surface area contributed by atoms with Gasteiger partial charge < -0.3 is 19.7 Å². The molecule has 0 aliphatic carbocycles. The van der Waals surface area contributed by atoms with Crippen LogP contribution in [0.15, 0.2) is 0 Å². The Morgan fingerprint density at radius 3 is 2.36 bits per heavy atom. The van der Waals surface area contributed by atoms with Crippen molar-refractivity contribution in [2.45, 2.75) is 58.5 Å². The summed E-state index contributed by atoms with van der Waals surface area (Å²) in [6.07, 6.45) is 0.589. The highest BCUT2D eigenvalue weighted by Gasteiger charge is 2.34. The number of urea groups is 1. The Hall–Kier alpha value is -0.850. The van der Waals surface area contributed by atoms with Crippen molar-refractivity contribution in [3.8, 4) is 0 Å². The van der Waals surface area contributed by atoms with Gasteiger partial charge in [0.15, 0.2) is 0 Å². The number of amides is 2. The van der Waals surface area contributed by atoms with Gasteiger partial charge in [0, 0.05) is 38.3 Å². The molecule has 0 spiro atoms. The molecule has 2 rings (SSSR count). The van der Waals surface area contributed by atoms with Gasteiger partial charge in [0.25, 0.3) is 0 Å².